The number of para-hydroxylation sites is 4. The van der Waals surface area contributed by atoms with Crippen LogP contribution in [0.5, 0.6) is 5.75 Å². The lowest BCUT2D eigenvalue weighted by Crippen LogP contribution is -2.82. The molecule has 8 rings (SSSR count). The zero-order valence-corrected chi connectivity index (χ0v) is 19.0. The van der Waals surface area contributed by atoms with Crippen LogP contribution in [0.4, 0.5) is 0 Å². The Labute approximate surface area is 203 Å². The van der Waals surface area contributed by atoms with Gasteiger partial charge in [0.1, 0.15) is 11.2 Å². The highest BCUT2D eigenvalue weighted by Gasteiger charge is 2.53. The predicted molar refractivity (Wildman–Crippen MR) is 142 cm³/mol. The summed E-state index contributed by atoms with van der Waals surface area (Å²) in [5.41, 5.74) is 9.51. The molecule has 2 aliphatic rings. The molecule has 0 saturated heterocycles. The van der Waals surface area contributed by atoms with Crippen LogP contribution in [0.3, 0.4) is 0 Å². The summed E-state index contributed by atoms with van der Waals surface area (Å²) in [6.45, 7) is -1.76. The second-order valence-corrected chi connectivity index (χ2v) is 9.39. The fourth-order valence-corrected chi connectivity index (χ4v) is 6.38. The van der Waals surface area contributed by atoms with Crippen molar-refractivity contribution in [2.75, 3.05) is 0 Å². The Hall–Kier alpha value is -4.57. The second-order valence-electron chi connectivity index (χ2n) is 9.39. The third-order valence-corrected chi connectivity index (χ3v) is 7.68. The van der Waals surface area contributed by atoms with E-state index in [0.717, 1.165) is 33.9 Å². The molecule has 0 radical (unpaired) electrons. The molecule has 0 bridgehead atoms. The van der Waals surface area contributed by atoms with Gasteiger partial charge in [-0.2, -0.15) is 4.57 Å². The van der Waals surface area contributed by atoms with Crippen LogP contribution >= 0.6 is 0 Å². The standard InChI is InChI=1S/C31H21BN2O/c1-2-12-22(13-3-1)33-28-19-9-10-20-29(28)34-31(33)25-16-6-11-21-30(25)35-32(34)26-17-7-4-14-23(26)24-15-5-8-18-27(24)32/h1-21H. The number of rotatable bonds is 1. The van der Waals surface area contributed by atoms with Crippen LogP contribution in [-0.4, -0.2) is 11.1 Å². The summed E-state index contributed by atoms with van der Waals surface area (Å²) in [4.78, 5) is 0. The molecule has 35 heavy (non-hydrogen) atoms. The van der Waals surface area contributed by atoms with Crippen molar-refractivity contribution in [1.82, 2.24) is 4.57 Å². The van der Waals surface area contributed by atoms with Crippen molar-refractivity contribution < 1.29 is 9.13 Å². The quantitative estimate of drug-likeness (QED) is 0.322. The third kappa shape index (κ3) is 2.29. The monoisotopic (exact) mass is 448 g/mol. The van der Waals surface area contributed by atoms with Crippen molar-refractivity contribution in [1.29, 1.82) is 0 Å². The van der Waals surface area contributed by atoms with Crippen LogP contribution in [0.2, 0.25) is 0 Å². The van der Waals surface area contributed by atoms with E-state index in [-0.39, 0.29) is 0 Å². The molecule has 6 aromatic rings. The van der Waals surface area contributed by atoms with E-state index in [1.54, 1.807) is 0 Å². The van der Waals surface area contributed by atoms with E-state index in [1.165, 1.54) is 22.1 Å². The molecule has 0 aliphatic carbocycles. The van der Waals surface area contributed by atoms with Gasteiger partial charge < -0.3 is 9.13 Å². The number of hydrogen-bond acceptors (Lipinski definition) is 1. The molecule has 2 aliphatic heterocycles. The highest BCUT2D eigenvalue weighted by atomic mass is 16.5. The fourth-order valence-electron chi connectivity index (χ4n) is 6.38. The van der Waals surface area contributed by atoms with Gasteiger partial charge in [0.05, 0.1) is 11.3 Å². The summed E-state index contributed by atoms with van der Waals surface area (Å²) < 4.78 is 12.1. The van der Waals surface area contributed by atoms with Crippen LogP contribution in [0.1, 0.15) is 0 Å². The van der Waals surface area contributed by atoms with Crippen molar-refractivity contribution in [2.24, 2.45) is 0 Å². The maximum absolute atomic E-state index is 7.23. The number of nitrogens with zero attached hydrogens (tertiary/aromatic N) is 2. The van der Waals surface area contributed by atoms with Crippen LogP contribution in [0, 0.1) is 0 Å². The van der Waals surface area contributed by atoms with Gasteiger partial charge >= 0.3 is 6.48 Å². The fraction of sp³-hybridized carbons (Fsp3) is 0. The Morgan fingerprint density at radius 1 is 0.543 bits per heavy atom. The minimum absolute atomic E-state index is 0.916. The molecular weight excluding hydrogens is 427 g/mol. The first-order valence-corrected chi connectivity index (χ1v) is 12.1. The number of benzene rings is 5. The van der Waals surface area contributed by atoms with E-state index in [1.807, 2.05) is 0 Å². The first kappa shape index (κ1) is 18.8. The second kappa shape index (κ2) is 6.74. The van der Waals surface area contributed by atoms with Crippen LogP contribution in [-0.2, 0) is 0 Å². The molecule has 1 spiro atoms. The Morgan fingerprint density at radius 2 is 1.11 bits per heavy atom. The van der Waals surface area contributed by atoms with Crippen molar-refractivity contribution in [3.05, 3.63) is 127 Å². The Kier molecular flexibility index (Phi) is 3.62. The average Bonchev–Trinajstić information content (AvgIpc) is 3.42. The summed E-state index contributed by atoms with van der Waals surface area (Å²) in [5, 5.41) is 0. The molecule has 0 unspecified atom stereocenters. The zero-order valence-electron chi connectivity index (χ0n) is 19.0. The first-order valence-electron chi connectivity index (χ1n) is 12.1. The van der Waals surface area contributed by atoms with Crippen molar-refractivity contribution in [2.45, 2.75) is 0 Å². The van der Waals surface area contributed by atoms with Crippen molar-refractivity contribution >= 4 is 28.4 Å². The minimum Gasteiger partial charge on any atom is -0.671 e. The van der Waals surface area contributed by atoms with Crippen LogP contribution in [0.25, 0.3) is 39.2 Å². The smallest absolute Gasteiger partial charge is 0.424 e. The van der Waals surface area contributed by atoms with Gasteiger partial charge in [0, 0.05) is 0 Å². The van der Waals surface area contributed by atoms with Gasteiger partial charge in [-0.15, -0.1) is 10.9 Å². The first-order chi connectivity index (χ1) is 17.4. The molecule has 0 fully saturated rings. The SMILES string of the molecule is c1ccc(-n2c3[n+](c4ccccc42)[B-]2(Oc4ccccc4-3)c3ccccc3-c3ccccc32)cc1. The molecule has 4 heteroatoms. The van der Waals surface area contributed by atoms with Crippen LogP contribution < -0.4 is 20.1 Å². The number of aromatic nitrogens is 2. The summed E-state index contributed by atoms with van der Waals surface area (Å²) in [6, 6.07) is 45.2. The lowest BCUT2D eigenvalue weighted by atomic mass is 9.43. The molecule has 0 saturated carbocycles. The Morgan fingerprint density at radius 3 is 1.86 bits per heavy atom. The zero-order chi connectivity index (χ0) is 23.0. The lowest BCUT2D eigenvalue weighted by Gasteiger charge is -2.42. The summed E-state index contributed by atoms with van der Waals surface area (Å²) in [7, 11) is 0. The van der Waals surface area contributed by atoms with Gasteiger partial charge in [-0.1, -0.05) is 91.0 Å². The molecular formula is C31H21BN2O. The molecule has 0 amide bonds. The lowest BCUT2D eigenvalue weighted by molar-refractivity contribution is -0.513. The average molecular weight is 448 g/mol. The van der Waals surface area contributed by atoms with E-state index < -0.39 is 6.48 Å². The molecule has 5 aromatic carbocycles. The highest BCUT2D eigenvalue weighted by Crippen LogP contribution is 2.40. The van der Waals surface area contributed by atoms with E-state index in [2.05, 4.69) is 136 Å². The topological polar surface area (TPSA) is 18.0 Å². The third-order valence-electron chi connectivity index (χ3n) is 7.68. The van der Waals surface area contributed by atoms with E-state index in [0.29, 0.717) is 0 Å². The van der Waals surface area contributed by atoms with Gasteiger partial charge in [-0.05, 0) is 47.5 Å². The van der Waals surface area contributed by atoms with E-state index >= 15 is 0 Å². The Bertz CT molecular complexity index is 1740. The number of hydrogen-bond donors (Lipinski definition) is 0. The molecule has 1 aromatic heterocycles. The van der Waals surface area contributed by atoms with Gasteiger partial charge in [0.2, 0.25) is 0 Å². The summed E-state index contributed by atoms with van der Waals surface area (Å²) in [6.07, 6.45) is 0. The van der Waals surface area contributed by atoms with E-state index in [4.69, 9.17) is 4.65 Å². The van der Waals surface area contributed by atoms with Gasteiger partial charge in [0.15, 0.2) is 5.52 Å². The van der Waals surface area contributed by atoms with Gasteiger partial charge in [-0.3, -0.25) is 0 Å². The number of imidazole rings is 1. The molecule has 0 atom stereocenters. The molecule has 0 N–H and O–H groups in total. The molecule has 3 heterocycles. The van der Waals surface area contributed by atoms with Gasteiger partial charge in [-0.25, -0.2) is 0 Å². The Balaban J connectivity index is 1.63. The minimum atomic E-state index is -1.76. The molecule has 164 valence electrons. The van der Waals surface area contributed by atoms with Crippen molar-refractivity contribution in [3.8, 4) is 34.0 Å². The summed E-state index contributed by atoms with van der Waals surface area (Å²) >= 11 is 0. The largest absolute Gasteiger partial charge is 0.671 e. The van der Waals surface area contributed by atoms with E-state index in [9.17, 15) is 0 Å². The normalized spacial score (nSPS) is 14.2. The highest BCUT2D eigenvalue weighted by molar-refractivity contribution is 6.95. The molecule has 3 nitrogen and oxygen atoms in total. The van der Waals surface area contributed by atoms with Gasteiger partial charge in [0.25, 0.3) is 5.82 Å². The maximum atomic E-state index is 7.23. The summed E-state index contributed by atoms with van der Waals surface area (Å²) in [5.74, 6) is 2.06. The number of fused-ring (bicyclic) bond motifs is 11. The van der Waals surface area contributed by atoms with Crippen LogP contribution in [0.15, 0.2) is 127 Å². The van der Waals surface area contributed by atoms with Crippen molar-refractivity contribution in [3.63, 3.8) is 0 Å². The predicted octanol–water partition coefficient (Wildman–Crippen LogP) is 5.06. The maximum Gasteiger partial charge on any atom is 0.424 e.